The first-order valence-electron chi connectivity index (χ1n) is 15.8. The number of hydrogen-bond donors (Lipinski definition) is 1. The molecule has 0 spiro atoms. The van der Waals surface area contributed by atoms with E-state index in [9.17, 15) is 28.8 Å². The number of benzene rings is 2. The molecule has 15 nitrogen and oxygen atoms in total. The Labute approximate surface area is 289 Å². The summed E-state index contributed by atoms with van der Waals surface area (Å²) in [6, 6.07) is 15.6. The number of fused-ring (bicyclic) bond motifs is 3. The van der Waals surface area contributed by atoms with Crippen LogP contribution in [0, 0.1) is 0 Å². The monoisotopic (exact) mass is 701 g/mol. The van der Waals surface area contributed by atoms with Gasteiger partial charge in [0.1, 0.15) is 25.4 Å². The Bertz CT molecular complexity index is 1480. The zero-order valence-corrected chi connectivity index (χ0v) is 29.0. The Morgan fingerprint density at radius 1 is 0.700 bits per heavy atom. The first-order valence-corrected chi connectivity index (χ1v) is 15.8. The minimum absolute atomic E-state index is 0.00338. The van der Waals surface area contributed by atoms with E-state index < -0.39 is 72.7 Å². The number of esters is 5. The summed E-state index contributed by atoms with van der Waals surface area (Å²) in [7, 11) is 2.59. The molecule has 2 aromatic carbocycles. The van der Waals surface area contributed by atoms with Crippen LogP contribution in [0.3, 0.4) is 0 Å². The predicted molar refractivity (Wildman–Crippen MR) is 173 cm³/mol. The van der Waals surface area contributed by atoms with E-state index >= 15 is 0 Å². The molecule has 1 amide bonds. The summed E-state index contributed by atoms with van der Waals surface area (Å²) in [4.78, 5) is 69.0. The smallest absolute Gasteiger partial charge is 0.407 e. The van der Waals surface area contributed by atoms with Gasteiger partial charge in [0.05, 0.1) is 7.11 Å². The molecule has 1 fully saturated rings. The van der Waals surface area contributed by atoms with E-state index in [0.29, 0.717) is 6.42 Å². The maximum absolute atomic E-state index is 12.1. The maximum Gasteiger partial charge on any atom is 0.407 e. The van der Waals surface area contributed by atoms with E-state index in [1.54, 1.807) is 6.92 Å². The number of rotatable bonds is 11. The number of hydrogen-bond acceptors (Lipinski definition) is 14. The molecule has 5 unspecified atom stereocenters. The number of alkyl carbamates (subject to hydrolysis) is 1. The van der Waals surface area contributed by atoms with Crippen LogP contribution in [-0.4, -0.2) is 100 Å². The second-order valence-electron chi connectivity index (χ2n) is 11.3. The second kappa shape index (κ2) is 18.7. The molecule has 272 valence electrons. The number of carbonyl (C=O) groups is 6. The molecule has 1 heterocycles. The van der Waals surface area contributed by atoms with Crippen molar-refractivity contribution in [2.45, 2.75) is 83.7 Å². The van der Waals surface area contributed by atoms with Crippen molar-refractivity contribution in [3.05, 3.63) is 59.7 Å². The first-order chi connectivity index (χ1) is 23.8. The average molecular weight is 702 g/mol. The third kappa shape index (κ3) is 10.5. The van der Waals surface area contributed by atoms with Crippen molar-refractivity contribution in [1.29, 1.82) is 0 Å². The molecular formula is C35H43NO14. The lowest BCUT2D eigenvalue weighted by Crippen LogP contribution is -2.62. The summed E-state index contributed by atoms with van der Waals surface area (Å²) >= 11 is 0. The van der Waals surface area contributed by atoms with Crippen LogP contribution in [0.5, 0.6) is 0 Å². The van der Waals surface area contributed by atoms with Crippen molar-refractivity contribution < 1.29 is 66.7 Å². The summed E-state index contributed by atoms with van der Waals surface area (Å²) in [5, 5.41) is 2.55. The molecule has 1 aliphatic carbocycles. The van der Waals surface area contributed by atoms with Gasteiger partial charge >= 0.3 is 35.9 Å². The van der Waals surface area contributed by atoms with E-state index in [1.807, 2.05) is 24.3 Å². The van der Waals surface area contributed by atoms with Crippen molar-refractivity contribution in [2.75, 3.05) is 27.4 Å². The van der Waals surface area contributed by atoms with Crippen LogP contribution in [0.25, 0.3) is 11.1 Å². The summed E-state index contributed by atoms with van der Waals surface area (Å²) < 4.78 is 41.2. The molecule has 0 radical (unpaired) electrons. The Kier molecular flexibility index (Phi) is 14.7. The lowest BCUT2D eigenvalue weighted by molar-refractivity contribution is -0.302. The van der Waals surface area contributed by atoms with Crippen LogP contribution in [0.1, 0.15) is 58.1 Å². The summed E-state index contributed by atoms with van der Waals surface area (Å²) in [5.74, 6) is -3.11. The van der Waals surface area contributed by atoms with Crippen LogP contribution in [-0.2, 0) is 61.9 Å². The van der Waals surface area contributed by atoms with Gasteiger partial charge < -0.3 is 43.2 Å². The highest BCUT2D eigenvalue weighted by atomic mass is 16.7. The standard InChI is InChI=1S/C20H21NO4.C15H22O10/c1-3-18(19(22)24-2)21-20(23)25-12-17-15-10-6-4-8-13(15)14-9-5-7-11-16(14)17;1-7(16)21-6-11-12(22-8(2)17)13(23-9(3)18)14(24-10(4)19)15(20-5)25-11/h4-11,17-18H,3,12H2,1-2H3,(H,21,23);11-15H,6H2,1-5H3/t18-;/m0./s1. The van der Waals surface area contributed by atoms with Crippen molar-refractivity contribution in [2.24, 2.45) is 0 Å². The van der Waals surface area contributed by atoms with Gasteiger partial charge in [-0.25, -0.2) is 9.59 Å². The van der Waals surface area contributed by atoms with Crippen LogP contribution in [0.4, 0.5) is 4.79 Å². The molecule has 0 bridgehead atoms. The molecule has 2 aliphatic rings. The van der Waals surface area contributed by atoms with Gasteiger partial charge in [0.15, 0.2) is 24.6 Å². The molecule has 15 heteroatoms. The molecule has 1 aliphatic heterocycles. The number of carbonyl (C=O) groups excluding carboxylic acids is 6. The molecule has 50 heavy (non-hydrogen) atoms. The maximum atomic E-state index is 12.1. The van der Waals surface area contributed by atoms with Crippen LogP contribution < -0.4 is 5.32 Å². The third-order valence-electron chi connectivity index (χ3n) is 7.71. The minimum Gasteiger partial charge on any atom is -0.467 e. The fraction of sp³-hybridized carbons (Fsp3) is 0.486. The van der Waals surface area contributed by atoms with Gasteiger partial charge in [0, 0.05) is 40.7 Å². The summed E-state index contributed by atoms with van der Waals surface area (Å²) in [6.07, 6.45) is -5.84. The minimum atomic E-state index is -1.20. The third-order valence-corrected chi connectivity index (χ3v) is 7.71. The number of ether oxygens (including phenoxy) is 8. The van der Waals surface area contributed by atoms with Gasteiger partial charge in [0.2, 0.25) is 0 Å². The zero-order valence-electron chi connectivity index (χ0n) is 29.0. The van der Waals surface area contributed by atoms with Gasteiger partial charge in [-0.15, -0.1) is 0 Å². The highest BCUT2D eigenvalue weighted by molar-refractivity contribution is 5.82. The Hall–Kier alpha value is -5.02. The lowest BCUT2D eigenvalue weighted by Gasteiger charge is -2.43. The van der Waals surface area contributed by atoms with Gasteiger partial charge in [-0.2, -0.15) is 0 Å². The molecule has 1 N–H and O–H groups in total. The molecule has 4 rings (SSSR count). The largest absolute Gasteiger partial charge is 0.467 e. The Balaban J connectivity index is 0.000000270. The zero-order chi connectivity index (χ0) is 37.0. The van der Waals surface area contributed by atoms with E-state index in [1.165, 1.54) is 32.3 Å². The number of amides is 1. The van der Waals surface area contributed by atoms with Gasteiger partial charge in [0.25, 0.3) is 0 Å². The fourth-order valence-corrected chi connectivity index (χ4v) is 5.63. The van der Waals surface area contributed by atoms with Crippen molar-refractivity contribution >= 4 is 35.9 Å². The fourth-order valence-electron chi connectivity index (χ4n) is 5.63. The molecular weight excluding hydrogens is 658 g/mol. The predicted octanol–water partition coefficient (Wildman–Crippen LogP) is 3.19. The molecule has 2 aromatic rings. The van der Waals surface area contributed by atoms with E-state index in [2.05, 4.69) is 34.3 Å². The molecule has 0 aromatic heterocycles. The molecule has 6 atom stereocenters. The quantitative estimate of drug-likeness (QED) is 0.266. The number of nitrogens with one attached hydrogen (secondary N) is 1. The lowest BCUT2D eigenvalue weighted by atomic mass is 9.98. The van der Waals surface area contributed by atoms with Crippen LogP contribution >= 0.6 is 0 Å². The summed E-state index contributed by atoms with van der Waals surface area (Å²) in [6.45, 7) is 6.39. The Morgan fingerprint density at radius 2 is 1.22 bits per heavy atom. The molecule has 0 saturated carbocycles. The van der Waals surface area contributed by atoms with Crippen LogP contribution in [0.2, 0.25) is 0 Å². The van der Waals surface area contributed by atoms with Gasteiger partial charge in [-0.05, 0) is 28.7 Å². The van der Waals surface area contributed by atoms with E-state index in [-0.39, 0.29) is 19.1 Å². The highest BCUT2D eigenvalue weighted by Crippen LogP contribution is 2.44. The van der Waals surface area contributed by atoms with Crippen molar-refractivity contribution in [3.63, 3.8) is 0 Å². The SMILES string of the molecule is CC[C@H](NC(=O)OCC1c2ccccc2-c2ccccc21)C(=O)OC.COC1OC(COC(C)=O)C(OC(C)=O)C(OC(C)=O)C1OC(C)=O. The van der Waals surface area contributed by atoms with E-state index in [0.717, 1.165) is 31.9 Å². The van der Waals surface area contributed by atoms with E-state index in [4.69, 9.17) is 33.2 Å². The normalized spacial score (nSPS) is 21.1. The van der Waals surface area contributed by atoms with Crippen molar-refractivity contribution in [1.82, 2.24) is 5.32 Å². The number of methoxy groups -OCH3 is 2. The molecule has 1 saturated heterocycles. The average Bonchev–Trinajstić information content (AvgIpc) is 3.40. The van der Waals surface area contributed by atoms with Crippen molar-refractivity contribution in [3.8, 4) is 11.1 Å². The van der Waals surface area contributed by atoms with Gasteiger partial charge in [-0.1, -0.05) is 55.5 Å². The highest BCUT2D eigenvalue weighted by Gasteiger charge is 2.52. The second-order valence-corrected chi connectivity index (χ2v) is 11.3. The van der Waals surface area contributed by atoms with Crippen LogP contribution in [0.15, 0.2) is 48.5 Å². The topological polar surface area (TPSA) is 188 Å². The first kappa shape index (κ1) is 39.4. The van der Waals surface area contributed by atoms with Gasteiger partial charge in [-0.3, -0.25) is 19.2 Å². The summed E-state index contributed by atoms with van der Waals surface area (Å²) in [5.41, 5.74) is 4.65. The Morgan fingerprint density at radius 3 is 1.70 bits per heavy atom.